The van der Waals surface area contributed by atoms with Crippen molar-refractivity contribution in [3.8, 4) is 0 Å². The van der Waals surface area contributed by atoms with Gasteiger partial charge in [0.15, 0.2) is 5.82 Å². The fourth-order valence-corrected chi connectivity index (χ4v) is 6.11. The molecular formula is C30H32N6O2S. The number of thiophene rings is 1. The van der Waals surface area contributed by atoms with E-state index in [1.807, 2.05) is 35.0 Å². The number of nitrogens with one attached hydrogen (secondary N) is 1. The van der Waals surface area contributed by atoms with E-state index in [9.17, 15) is 4.79 Å². The van der Waals surface area contributed by atoms with Crippen LogP contribution >= 0.6 is 11.3 Å². The van der Waals surface area contributed by atoms with Crippen LogP contribution in [0.4, 0.5) is 0 Å². The number of nitrogens with zero attached hydrogens (tertiary/aromatic N) is 5. The Morgan fingerprint density at radius 3 is 2.79 bits per heavy atom. The molecule has 5 aromatic rings. The van der Waals surface area contributed by atoms with Crippen molar-refractivity contribution in [3.05, 3.63) is 110 Å². The molecule has 200 valence electrons. The van der Waals surface area contributed by atoms with Crippen LogP contribution in [0, 0.1) is 0 Å². The molecular weight excluding hydrogens is 508 g/mol. The van der Waals surface area contributed by atoms with Gasteiger partial charge in [-0.25, -0.2) is 4.68 Å². The molecule has 0 saturated carbocycles. The van der Waals surface area contributed by atoms with E-state index in [-0.39, 0.29) is 11.7 Å². The number of aromatic amines is 1. The van der Waals surface area contributed by atoms with Crippen LogP contribution in [0.3, 0.4) is 0 Å². The van der Waals surface area contributed by atoms with Gasteiger partial charge in [0.2, 0.25) is 0 Å². The SMILES string of the molecule is CCc1ccc2[nH]c(=O)c([C@H](c3nnnn3Cc3ccccc3)N(Cc3cccs3)C[C@@H]3CCCO3)cc2c1. The zero-order valence-electron chi connectivity index (χ0n) is 22.0. The second-order valence-electron chi connectivity index (χ2n) is 10.1. The predicted octanol–water partition coefficient (Wildman–Crippen LogP) is 4.96. The van der Waals surface area contributed by atoms with Crippen molar-refractivity contribution in [1.29, 1.82) is 0 Å². The van der Waals surface area contributed by atoms with Crippen molar-refractivity contribution >= 4 is 22.2 Å². The van der Waals surface area contributed by atoms with Gasteiger partial charge in [0.25, 0.3) is 5.56 Å². The van der Waals surface area contributed by atoms with Crippen molar-refractivity contribution < 1.29 is 4.74 Å². The number of hydrogen-bond acceptors (Lipinski definition) is 7. The van der Waals surface area contributed by atoms with Crippen LogP contribution in [0.2, 0.25) is 0 Å². The van der Waals surface area contributed by atoms with Gasteiger partial charge in [0, 0.05) is 35.7 Å². The molecule has 1 aliphatic rings. The highest BCUT2D eigenvalue weighted by atomic mass is 32.1. The topological polar surface area (TPSA) is 88.9 Å². The smallest absolute Gasteiger partial charge is 0.253 e. The van der Waals surface area contributed by atoms with Crippen molar-refractivity contribution in [2.24, 2.45) is 0 Å². The Balaban J connectivity index is 1.50. The molecule has 0 radical (unpaired) electrons. The van der Waals surface area contributed by atoms with E-state index in [0.29, 0.717) is 31.0 Å². The number of H-pyrrole nitrogens is 1. The van der Waals surface area contributed by atoms with Gasteiger partial charge in [0.05, 0.1) is 12.6 Å². The molecule has 1 aliphatic heterocycles. The van der Waals surface area contributed by atoms with Crippen LogP contribution in [0.1, 0.15) is 53.2 Å². The third-order valence-electron chi connectivity index (χ3n) is 7.39. The Morgan fingerprint density at radius 2 is 2.03 bits per heavy atom. The van der Waals surface area contributed by atoms with Gasteiger partial charge in [-0.3, -0.25) is 9.69 Å². The van der Waals surface area contributed by atoms with Gasteiger partial charge in [-0.05, 0) is 75.8 Å². The molecule has 6 rings (SSSR count). The van der Waals surface area contributed by atoms with E-state index in [2.05, 4.69) is 74.1 Å². The Bertz CT molecular complexity index is 1570. The zero-order valence-corrected chi connectivity index (χ0v) is 22.8. The average Bonchev–Trinajstić information content (AvgIpc) is 3.74. The standard InChI is InChI=1S/C30H32N6O2S/c1-2-21-12-13-27-23(16-21)17-26(30(37)31-27)28(29-32-33-34-36(29)18-22-8-4-3-5-9-22)35(19-24-10-6-14-38-24)20-25-11-7-15-39-25/h3-5,7-9,11-13,15-17,24,28H,2,6,10,14,18-20H2,1H3,(H,31,37)/t24-,28+/m0/s1. The first kappa shape index (κ1) is 25.6. The van der Waals surface area contributed by atoms with Crippen LogP contribution in [-0.2, 0) is 24.2 Å². The molecule has 1 N–H and O–H groups in total. The van der Waals surface area contributed by atoms with Crippen molar-refractivity contribution in [3.63, 3.8) is 0 Å². The maximum Gasteiger partial charge on any atom is 0.253 e. The Hall–Kier alpha value is -3.66. The first-order chi connectivity index (χ1) is 19.2. The minimum atomic E-state index is -0.464. The molecule has 0 unspecified atom stereocenters. The van der Waals surface area contributed by atoms with E-state index < -0.39 is 6.04 Å². The van der Waals surface area contributed by atoms with Crippen LogP contribution < -0.4 is 5.56 Å². The minimum Gasteiger partial charge on any atom is -0.377 e. The third-order valence-corrected chi connectivity index (χ3v) is 8.25. The third kappa shape index (κ3) is 5.71. The molecule has 1 fully saturated rings. The molecule has 8 nitrogen and oxygen atoms in total. The summed E-state index contributed by atoms with van der Waals surface area (Å²) in [7, 11) is 0. The molecule has 39 heavy (non-hydrogen) atoms. The molecule has 0 aliphatic carbocycles. The number of benzene rings is 2. The molecule has 2 atom stereocenters. The van der Waals surface area contributed by atoms with E-state index in [1.165, 1.54) is 10.4 Å². The van der Waals surface area contributed by atoms with E-state index in [1.54, 1.807) is 11.3 Å². The highest BCUT2D eigenvalue weighted by Gasteiger charge is 2.33. The number of ether oxygens (including phenoxy) is 1. The van der Waals surface area contributed by atoms with Crippen LogP contribution in [0.5, 0.6) is 0 Å². The lowest BCUT2D eigenvalue weighted by Crippen LogP contribution is -2.39. The zero-order chi connectivity index (χ0) is 26.6. The fourth-order valence-electron chi connectivity index (χ4n) is 5.39. The summed E-state index contributed by atoms with van der Waals surface area (Å²) in [4.78, 5) is 20.4. The maximum atomic E-state index is 13.7. The minimum absolute atomic E-state index is 0.0946. The van der Waals surface area contributed by atoms with E-state index in [4.69, 9.17) is 4.74 Å². The first-order valence-electron chi connectivity index (χ1n) is 13.5. The lowest BCUT2D eigenvalue weighted by Gasteiger charge is -2.32. The number of pyridine rings is 1. The molecule has 0 amide bonds. The summed E-state index contributed by atoms with van der Waals surface area (Å²) in [5, 5.41) is 16.1. The summed E-state index contributed by atoms with van der Waals surface area (Å²) in [5.41, 5.74) is 3.64. The van der Waals surface area contributed by atoms with Crippen LogP contribution in [0.25, 0.3) is 10.9 Å². The lowest BCUT2D eigenvalue weighted by molar-refractivity contribution is 0.0578. The number of aryl methyl sites for hydroxylation is 1. The average molecular weight is 541 g/mol. The van der Waals surface area contributed by atoms with Crippen molar-refractivity contribution in [1.82, 2.24) is 30.1 Å². The van der Waals surface area contributed by atoms with Gasteiger partial charge >= 0.3 is 0 Å². The number of aromatic nitrogens is 5. The summed E-state index contributed by atoms with van der Waals surface area (Å²) in [6, 6.07) is 22.1. The number of fused-ring (bicyclic) bond motifs is 1. The Kier molecular flexibility index (Phi) is 7.62. The van der Waals surface area contributed by atoms with Crippen LogP contribution in [0.15, 0.2) is 76.9 Å². The monoisotopic (exact) mass is 540 g/mol. The van der Waals surface area contributed by atoms with Gasteiger partial charge in [0.1, 0.15) is 6.04 Å². The highest BCUT2D eigenvalue weighted by molar-refractivity contribution is 7.09. The van der Waals surface area contributed by atoms with Gasteiger partial charge in [-0.15, -0.1) is 16.4 Å². The lowest BCUT2D eigenvalue weighted by atomic mass is 10.0. The summed E-state index contributed by atoms with van der Waals surface area (Å²) in [5.74, 6) is 0.643. The first-order valence-corrected chi connectivity index (χ1v) is 14.4. The molecule has 3 aromatic heterocycles. The second kappa shape index (κ2) is 11.6. The molecule has 4 heterocycles. The fraction of sp³-hybridized carbons (Fsp3) is 0.333. The van der Waals surface area contributed by atoms with Gasteiger partial charge in [-0.1, -0.05) is 49.4 Å². The van der Waals surface area contributed by atoms with E-state index >= 15 is 0 Å². The maximum absolute atomic E-state index is 13.7. The molecule has 9 heteroatoms. The van der Waals surface area contributed by atoms with E-state index in [0.717, 1.165) is 42.3 Å². The normalized spacial score (nSPS) is 16.3. The quantitative estimate of drug-likeness (QED) is 0.269. The number of rotatable bonds is 10. The summed E-state index contributed by atoms with van der Waals surface area (Å²) >= 11 is 1.71. The number of tetrazole rings is 1. The second-order valence-corrected chi connectivity index (χ2v) is 11.1. The van der Waals surface area contributed by atoms with Crippen molar-refractivity contribution in [2.75, 3.05) is 13.2 Å². The Morgan fingerprint density at radius 1 is 1.13 bits per heavy atom. The Labute approximate surface area is 231 Å². The molecule has 2 aromatic carbocycles. The van der Waals surface area contributed by atoms with Crippen LogP contribution in [-0.4, -0.2) is 49.3 Å². The highest BCUT2D eigenvalue weighted by Crippen LogP contribution is 2.31. The molecule has 0 spiro atoms. The summed E-state index contributed by atoms with van der Waals surface area (Å²) in [6.45, 7) is 4.75. The largest absolute Gasteiger partial charge is 0.377 e. The molecule has 1 saturated heterocycles. The predicted molar refractivity (Wildman–Crippen MR) is 153 cm³/mol. The molecule has 0 bridgehead atoms. The van der Waals surface area contributed by atoms with Gasteiger partial charge < -0.3 is 9.72 Å². The number of hydrogen-bond donors (Lipinski definition) is 1. The van der Waals surface area contributed by atoms with Gasteiger partial charge in [-0.2, -0.15) is 0 Å². The summed E-state index contributed by atoms with van der Waals surface area (Å²) < 4.78 is 7.90. The summed E-state index contributed by atoms with van der Waals surface area (Å²) in [6.07, 6.45) is 3.06. The van der Waals surface area contributed by atoms with Crippen molar-refractivity contribution in [2.45, 2.75) is 51.4 Å².